The van der Waals surface area contributed by atoms with Crippen LogP contribution >= 0.6 is 0 Å². The standard InChI is InChI=1S/C43H77NO14S/c1-7-8-9-15-23-32(2)38(58-59(51,52)53)27-17-12-10-11-16-24-36(48)25-20-21-29-40(56-34(4)46)42(57-35(5)47)39(55-33(3)45)28-18-13-14-19-30-41(49)44-31-22-26-37(44)43(50)54-6/h32,36-40,42,48H,7-31H2,1-6H3,(H,51,52,53). The number of ether oxygens (including phenoxy) is 4. The average molecular weight is 864 g/mol. The molecule has 59 heavy (non-hydrogen) atoms. The van der Waals surface area contributed by atoms with Gasteiger partial charge in [-0.05, 0) is 76.5 Å². The van der Waals surface area contributed by atoms with Gasteiger partial charge in [0, 0.05) is 33.7 Å². The second-order valence-corrected chi connectivity index (χ2v) is 17.3. The first-order valence-electron chi connectivity index (χ1n) is 22.2. The van der Waals surface area contributed by atoms with Crippen molar-refractivity contribution in [2.45, 2.75) is 225 Å². The molecule has 1 saturated heterocycles. The summed E-state index contributed by atoms with van der Waals surface area (Å²) < 4.78 is 58.9. The molecular weight excluding hydrogens is 787 g/mol. The van der Waals surface area contributed by atoms with Gasteiger partial charge in [-0.1, -0.05) is 90.9 Å². The van der Waals surface area contributed by atoms with E-state index in [0.29, 0.717) is 83.6 Å². The van der Waals surface area contributed by atoms with Gasteiger partial charge in [0.1, 0.15) is 18.2 Å². The number of aliphatic hydroxyl groups excluding tert-OH is 1. The second kappa shape index (κ2) is 31.1. The van der Waals surface area contributed by atoms with Crippen molar-refractivity contribution < 1.29 is 65.2 Å². The molecule has 1 fully saturated rings. The fourth-order valence-corrected chi connectivity index (χ4v) is 8.54. The fourth-order valence-electron chi connectivity index (χ4n) is 7.94. The van der Waals surface area contributed by atoms with Gasteiger partial charge in [-0.25, -0.2) is 8.98 Å². The Morgan fingerprint density at radius 1 is 0.661 bits per heavy atom. The molecule has 0 spiro atoms. The Kier molecular flexibility index (Phi) is 28.6. The largest absolute Gasteiger partial charge is 0.467 e. The highest BCUT2D eigenvalue weighted by molar-refractivity contribution is 7.80. The monoisotopic (exact) mass is 864 g/mol. The maximum absolute atomic E-state index is 12.8. The van der Waals surface area contributed by atoms with Gasteiger partial charge in [0.05, 0.1) is 19.3 Å². The molecule has 0 aromatic carbocycles. The third-order valence-electron chi connectivity index (χ3n) is 11.0. The van der Waals surface area contributed by atoms with Gasteiger partial charge in [-0.2, -0.15) is 8.42 Å². The summed E-state index contributed by atoms with van der Waals surface area (Å²) >= 11 is 0. The number of carbonyl (C=O) groups excluding carboxylic acids is 5. The Morgan fingerprint density at radius 2 is 1.12 bits per heavy atom. The normalized spacial score (nSPS) is 17.4. The van der Waals surface area contributed by atoms with Gasteiger partial charge in [0.25, 0.3) is 0 Å². The summed E-state index contributed by atoms with van der Waals surface area (Å²) in [5, 5.41) is 10.7. The van der Waals surface area contributed by atoms with Crippen LogP contribution in [0.4, 0.5) is 0 Å². The van der Waals surface area contributed by atoms with Crippen molar-refractivity contribution in [1.29, 1.82) is 0 Å². The summed E-state index contributed by atoms with van der Waals surface area (Å²) in [7, 11) is -3.20. The fraction of sp³-hybridized carbons (Fsp3) is 0.884. The topological polar surface area (TPSA) is 209 Å². The number of nitrogens with zero attached hydrogens (tertiary/aromatic N) is 1. The maximum atomic E-state index is 12.8. The van der Waals surface area contributed by atoms with Crippen LogP contribution in [0.3, 0.4) is 0 Å². The Labute approximate surface area is 354 Å². The molecule has 0 aromatic rings. The van der Waals surface area contributed by atoms with Gasteiger partial charge in [-0.3, -0.25) is 23.7 Å². The maximum Gasteiger partial charge on any atom is 0.397 e. The van der Waals surface area contributed by atoms with Crippen LogP contribution in [-0.2, 0) is 57.5 Å². The van der Waals surface area contributed by atoms with E-state index in [9.17, 15) is 42.0 Å². The zero-order valence-corrected chi connectivity index (χ0v) is 37.7. The minimum atomic E-state index is -4.52. The van der Waals surface area contributed by atoms with Gasteiger partial charge >= 0.3 is 34.3 Å². The lowest BCUT2D eigenvalue weighted by atomic mass is 9.93. The van der Waals surface area contributed by atoms with Gasteiger partial charge in [0.15, 0.2) is 6.10 Å². The van der Waals surface area contributed by atoms with Gasteiger partial charge in [0.2, 0.25) is 5.91 Å². The summed E-state index contributed by atoms with van der Waals surface area (Å²) in [6, 6.07) is -0.524. The number of hydrogen-bond acceptors (Lipinski definition) is 13. The number of rotatable bonds is 34. The lowest BCUT2D eigenvalue weighted by Crippen LogP contribution is -2.45. The van der Waals surface area contributed by atoms with Crippen molar-refractivity contribution >= 4 is 40.2 Å². The molecule has 0 bridgehead atoms. The van der Waals surface area contributed by atoms with E-state index in [2.05, 4.69) is 6.92 Å². The second-order valence-electron chi connectivity index (χ2n) is 16.3. The van der Waals surface area contributed by atoms with Crippen molar-refractivity contribution in [3.05, 3.63) is 0 Å². The van der Waals surface area contributed by atoms with Crippen LogP contribution in [0.1, 0.15) is 189 Å². The van der Waals surface area contributed by atoms with Crippen molar-refractivity contribution in [2.75, 3.05) is 13.7 Å². The number of likely N-dealkylation sites (tertiary alicyclic amines) is 1. The molecule has 1 aliphatic rings. The smallest absolute Gasteiger partial charge is 0.397 e. The summed E-state index contributed by atoms with van der Waals surface area (Å²) in [5.41, 5.74) is 0. The SMILES string of the molecule is CCCCCCC(C)C(CCCCCCCC(O)CCCCC(OC(C)=O)C(OC(C)=O)C(CCCCCCC(=O)N1CCCC1C(=O)OC)OC(C)=O)OS(=O)(=O)O. The van der Waals surface area contributed by atoms with Gasteiger partial charge in [-0.15, -0.1) is 0 Å². The molecule has 0 aliphatic carbocycles. The molecule has 16 heteroatoms. The van der Waals surface area contributed by atoms with Crippen LogP contribution in [0.25, 0.3) is 0 Å². The van der Waals surface area contributed by atoms with E-state index in [0.717, 1.165) is 77.0 Å². The molecule has 1 amide bonds. The molecule has 7 unspecified atom stereocenters. The van der Waals surface area contributed by atoms with Crippen molar-refractivity contribution in [3.8, 4) is 0 Å². The Bertz CT molecular complexity index is 1330. The molecule has 0 aromatic heterocycles. The Morgan fingerprint density at radius 3 is 1.64 bits per heavy atom. The summed E-state index contributed by atoms with van der Waals surface area (Å²) in [4.78, 5) is 62.9. The number of aliphatic hydroxyl groups is 1. The first-order valence-corrected chi connectivity index (χ1v) is 23.6. The molecule has 15 nitrogen and oxygen atoms in total. The molecule has 0 radical (unpaired) electrons. The first kappa shape index (κ1) is 54.2. The quantitative estimate of drug-likeness (QED) is 0.0275. The lowest BCUT2D eigenvalue weighted by Gasteiger charge is -2.32. The van der Waals surface area contributed by atoms with Crippen LogP contribution in [0.15, 0.2) is 0 Å². The molecule has 1 aliphatic heterocycles. The van der Waals surface area contributed by atoms with Gasteiger partial charge < -0.3 is 29.0 Å². The zero-order valence-electron chi connectivity index (χ0n) is 36.9. The van der Waals surface area contributed by atoms with Crippen LogP contribution < -0.4 is 0 Å². The van der Waals surface area contributed by atoms with E-state index in [1.807, 2.05) is 6.92 Å². The van der Waals surface area contributed by atoms with E-state index < -0.39 is 70.8 Å². The number of unbranched alkanes of at least 4 members (excludes halogenated alkanes) is 11. The van der Waals surface area contributed by atoms with Crippen molar-refractivity contribution in [1.82, 2.24) is 4.90 Å². The molecule has 2 N–H and O–H groups in total. The van der Waals surface area contributed by atoms with E-state index in [4.69, 9.17) is 23.1 Å². The molecule has 1 rings (SSSR count). The highest BCUT2D eigenvalue weighted by atomic mass is 32.3. The zero-order chi connectivity index (χ0) is 44.2. The van der Waals surface area contributed by atoms with Crippen LogP contribution in [-0.4, -0.2) is 103 Å². The van der Waals surface area contributed by atoms with Crippen LogP contribution in [0.2, 0.25) is 0 Å². The Balaban J connectivity index is 2.57. The molecule has 0 saturated carbocycles. The molecule has 1 heterocycles. The summed E-state index contributed by atoms with van der Waals surface area (Å²) in [5.74, 6) is -2.19. The lowest BCUT2D eigenvalue weighted by molar-refractivity contribution is -0.184. The van der Waals surface area contributed by atoms with E-state index in [1.165, 1.54) is 27.9 Å². The van der Waals surface area contributed by atoms with Crippen molar-refractivity contribution in [2.24, 2.45) is 5.92 Å². The summed E-state index contributed by atoms with van der Waals surface area (Å²) in [6.07, 6.45) is 13.6. The van der Waals surface area contributed by atoms with Crippen molar-refractivity contribution in [3.63, 3.8) is 0 Å². The number of carbonyl (C=O) groups is 5. The molecular formula is C43H77NO14S. The number of hydrogen-bond donors (Lipinski definition) is 2. The number of esters is 4. The van der Waals surface area contributed by atoms with E-state index in [1.54, 1.807) is 4.90 Å². The minimum Gasteiger partial charge on any atom is -0.467 e. The average Bonchev–Trinajstić information content (AvgIpc) is 3.66. The predicted molar refractivity (Wildman–Crippen MR) is 222 cm³/mol. The number of methoxy groups -OCH3 is 1. The molecule has 7 atom stereocenters. The summed E-state index contributed by atoms with van der Waals surface area (Å²) in [6.45, 7) is 8.42. The third-order valence-corrected chi connectivity index (χ3v) is 11.5. The highest BCUT2D eigenvalue weighted by Crippen LogP contribution is 2.26. The van der Waals surface area contributed by atoms with Crippen LogP contribution in [0.5, 0.6) is 0 Å². The highest BCUT2D eigenvalue weighted by Gasteiger charge is 2.37. The first-order chi connectivity index (χ1) is 28.0. The Hall–Kier alpha value is -2.82. The van der Waals surface area contributed by atoms with E-state index in [-0.39, 0.29) is 11.8 Å². The predicted octanol–water partition coefficient (Wildman–Crippen LogP) is 7.73. The van der Waals surface area contributed by atoms with Crippen LogP contribution in [0, 0.1) is 5.92 Å². The van der Waals surface area contributed by atoms with E-state index >= 15 is 0 Å². The minimum absolute atomic E-state index is 0.0215. The third kappa shape index (κ3) is 25.5. The molecule has 344 valence electrons. The number of amides is 1.